The zero-order valence-corrected chi connectivity index (χ0v) is 14.4. The summed E-state index contributed by atoms with van der Waals surface area (Å²) in [5.74, 6) is -1.55. The van der Waals surface area contributed by atoms with Gasteiger partial charge in [0.2, 0.25) is 0 Å². The van der Waals surface area contributed by atoms with Crippen LogP contribution in [0.15, 0.2) is 30.3 Å². The normalized spacial score (nSPS) is 32.3. The third kappa shape index (κ3) is 3.47. The minimum atomic E-state index is -0.733. The molecule has 1 aromatic carbocycles. The molecule has 132 valence electrons. The van der Waals surface area contributed by atoms with Gasteiger partial charge in [0, 0.05) is 0 Å². The van der Waals surface area contributed by atoms with Gasteiger partial charge in [-0.3, -0.25) is 4.79 Å². The molecule has 2 aliphatic heterocycles. The molecule has 0 radical (unpaired) electrons. The molecule has 0 bridgehead atoms. The van der Waals surface area contributed by atoms with E-state index in [2.05, 4.69) is 0 Å². The highest BCUT2D eigenvalue weighted by Gasteiger charge is 2.57. The summed E-state index contributed by atoms with van der Waals surface area (Å²) < 4.78 is 28.6. The topological polar surface area (TPSA) is 63.2 Å². The molecule has 0 saturated carbocycles. The molecule has 5 atom stereocenters. The van der Waals surface area contributed by atoms with Crippen molar-refractivity contribution in [1.82, 2.24) is 0 Å². The summed E-state index contributed by atoms with van der Waals surface area (Å²) in [6.45, 7) is 5.84. The summed E-state index contributed by atoms with van der Waals surface area (Å²) in [5, 5.41) is 0. The van der Waals surface area contributed by atoms with Crippen molar-refractivity contribution in [1.29, 1.82) is 0 Å². The van der Waals surface area contributed by atoms with Crippen molar-refractivity contribution in [3.63, 3.8) is 0 Å². The van der Waals surface area contributed by atoms with E-state index >= 15 is 0 Å². The predicted molar refractivity (Wildman–Crippen MR) is 84.9 cm³/mol. The average Bonchev–Trinajstić information content (AvgIpc) is 3.04. The van der Waals surface area contributed by atoms with Crippen molar-refractivity contribution >= 4 is 5.97 Å². The number of benzene rings is 1. The highest BCUT2D eigenvalue weighted by Crippen LogP contribution is 2.41. The zero-order valence-electron chi connectivity index (χ0n) is 14.4. The van der Waals surface area contributed by atoms with Crippen molar-refractivity contribution in [2.75, 3.05) is 7.11 Å². The highest BCUT2D eigenvalue weighted by atomic mass is 16.8. The SMILES string of the molecule is COC(=O)[C@@H](C)[C@H]1O[C@@H]2OC(C)(C)O[C@@H]2[C@H]1OCc1ccccc1. The fourth-order valence-corrected chi connectivity index (χ4v) is 3.18. The molecule has 6 heteroatoms. The number of carbonyl (C=O) groups is 1. The van der Waals surface area contributed by atoms with Gasteiger partial charge in [0.25, 0.3) is 0 Å². The van der Waals surface area contributed by atoms with Gasteiger partial charge in [-0.25, -0.2) is 0 Å². The van der Waals surface area contributed by atoms with E-state index in [0.29, 0.717) is 6.61 Å². The van der Waals surface area contributed by atoms with Crippen LogP contribution in [0.4, 0.5) is 0 Å². The van der Waals surface area contributed by atoms with Crippen molar-refractivity contribution in [2.45, 2.75) is 57.8 Å². The summed E-state index contributed by atoms with van der Waals surface area (Å²) >= 11 is 0. The average molecular weight is 336 g/mol. The van der Waals surface area contributed by atoms with E-state index < -0.39 is 30.2 Å². The molecule has 1 aromatic rings. The number of fused-ring (bicyclic) bond motifs is 1. The molecular formula is C18H24O6. The van der Waals surface area contributed by atoms with Gasteiger partial charge in [0.05, 0.1) is 19.6 Å². The summed E-state index contributed by atoms with van der Waals surface area (Å²) in [6, 6.07) is 9.85. The second-order valence-corrected chi connectivity index (χ2v) is 6.64. The van der Waals surface area contributed by atoms with E-state index in [1.165, 1.54) is 7.11 Å². The Labute approximate surface area is 142 Å². The Bertz CT molecular complexity index is 572. The Morgan fingerprint density at radius 3 is 2.62 bits per heavy atom. The maximum absolute atomic E-state index is 11.9. The molecule has 3 rings (SSSR count). The van der Waals surface area contributed by atoms with Gasteiger partial charge in [0.15, 0.2) is 12.1 Å². The number of carbonyl (C=O) groups excluding carboxylic acids is 1. The molecule has 6 nitrogen and oxygen atoms in total. The first-order valence-electron chi connectivity index (χ1n) is 8.16. The molecule has 0 aromatic heterocycles. The van der Waals surface area contributed by atoms with Gasteiger partial charge in [-0.1, -0.05) is 30.3 Å². The van der Waals surface area contributed by atoms with E-state index in [1.807, 2.05) is 44.2 Å². The molecule has 0 spiro atoms. The second kappa shape index (κ2) is 6.80. The van der Waals surface area contributed by atoms with E-state index in [1.54, 1.807) is 6.92 Å². The van der Waals surface area contributed by atoms with Crippen molar-refractivity contribution < 1.29 is 28.5 Å². The number of methoxy groups -OCH3 is 1. The molecule has 0 N–H and O–H groups in total. The Hall–Kier alpha value is -1.47. The third-order valence-corrected chi connectivity index (χ3v) is 4.38. The number of hydrogen-bond acceptors (Lipinski definition) is 6. The Balaban J connectivity index is 1.75. The lowest BCUT2D eigenvalue weighted by atomic mass is 9.98. The number of rotatable bonds is 5. The van der Waals surface area contributed by atoms with Crippen LogP contribution in [0.3, 0.4) is 0 Å². The maximum Gasteiger partial charge on any atom is 0.311 e. The lowest BCUT2D eigenvalue weighted by molar-refractivity contribution is -0.225. The van der Waals surface area contributed by atoms with E-state index in [0.717, 1.165) is 5.56 Å². The monoisotopic (exact) mass is 336 g/mol. The first-order chi connectivity index (χ1) is 11.4. The van der Waals surface area contributed by atoms with Crippen molar-refractivity contribution in [3.8, 4) is 0 Å². The van der Waals surface area contributed by atoms with Gasteiger partial charge < -0.3 is 23.7 Å². The smallest absolute Gasteiger partial charge is 0.311 e. The number of esters is 1. The lowest BCUT2D eigenvalue weighted by Gasteiger charge is -2.28. The molecule has 24 heavy (non-hydrogen) atoms. The van der Waals surface area contributed by atoms with Crippen LogP contribution in [0.5, 0.6) is 0 Å². The predicted octanol–water partition coefficient (Wildman–Crippen LogP) is 2.26. The van der Waals surface area contributed by atoms with E-state index in [-0.39, 0.29) is 12.1 Å². The van der Waals surface area contributed by atoms with Gasteiger partial charge in [-0.05, 0) is 26.3 Å². The van der Waals surface area contributed by atoms with E-state index in [4.69, 9.17) is 23.7 Å². The van der Waals surface area contributed by atoms with Crippen LogP contribution in [0, 0.1) is 5.92 Å². The minimum absolute atomic E-state index is 0.340. The van der Waals surface area contributed by atoms with Crippen LogP contribution in [0.2, 0.25) is 0 Å². The summed E-state index contributed by atoms with van der Waals surface area (Å²) in [5.41, 5.74) is 1.04. The Morgan fingerprint density at radius 1 is 1.25 bits per heavy atom. The fourth-order valence-electron chi connectivity index (χ4n) is 3.18. The van der Waals surface area contributed by atoms with Gasteiger partial charge >= 0.3 is 5.97 Å². The molecule has 2 heterocycles. The third-order valence-electron chi connectivity index (χ3n) is 4.38. The molecule has 2 fully saturated rings. The molecule has 0 amide bonds. The van der Waals surface area contributed by atoms with Crippen molar-refractivity contribution in [2.24, 2.45) is 5.92 Å². The van der Waals surface area contributed by atoms with Crippen molar-refractivity contribution in [3.05, 3.63) is 35.9 Å². The molecule has 2 aliphatic rings. The molecule has 2 saturated heterocycles. The molecule has 0 unspecified atom stereocenters. The second-order valence-electron chi connectivity index (χ2n) is 6.64. The van der Waals surface area contributed by atoms with Gasteiger partial charge in [-0.15, -0.1) is 0 Å². The first-order valence-corrected chi connectivity index (χ1v) is 8.16. The van der Waals surface area contributed by atoms with Crippen LogP contribution in [0.25, 0.3) is 0 Å². The van der Waals surface area contributed by atoms with Crippen LogP contribution >= 0.6 is 0 Å². The Kier molecular flexibility index (Phi) is 4.92. The van der Waals surface area contributed by atoms with Crippen LogP contribution < -0.4 is 0 Å². The summed E-state index contributed by atoms with van der Waals surface area (Å²) in [7, 11) is 1.37. The zero-order chi connectivity index (χ0) is 17.3. The maximum atomic E-state index is 11.9. The largest absolute Gasteiger partial charge is 0.469 e. The Morgan fingerprint density at radius 2 is 1.96 bits per heavy atom. The molecular weight excluding hydrogens is 312 g/mol. The minimum Gasteiger partial charge on any atom is -0.469 e. The standard InChI is InChI=1S/C18H24O6/c1-11(16(19)20-4)13-14(21-10-12-8-6-5-7-9-12)15-17(22-13)24-18(2,3)23-15/h5-9,11,13-15,17H,10H2,1-4H3/t11-,13+,14-,15+,17+/m0/s1. The summed E-state index contributed by atoms with van der Waals surface area (Å²) in [4.78, 5) is 11.9. The molecule has 0 aliphatic carbocycles. The van der Waals surface area contributed by atoms with Gasteiger partial charge in [-0.2, -0.15) is 0 Å². The summed E-state index contributed by atoms with van der Waals surface area (Å²) in [6.07, 6.45) is -1.81. The quantitative estimate of drug-likeness (QED) is 0.769. The highest BCUT2D eigenvalue weighted by molar-refractivity contribution is 5.72. The lowest BCUT2D eigenvalue weighted by Crippen LogP contribution is -2.42. The van der Waals surface area contributed by atoms with E-state index in [9.17, 15) is 4.79 Å². The van der Waals surface area contributed by atoms with Crippen LogP contribution in [-0.2, 0) is 35.1 Å². The van der Waals surface area contributed by atoms with Gasteiger partial charge in [0.1, 0.15) is 18.3 Å². The number of hydrogen-bond donors (Lipinski definition) is 0. The van der Waals surface area contributed by atoms with Crippen LogP contribution in [-0.4, -0.2) is 43.5 Å². The first kappa shape index (κ1) is 17.4. The van der Waals surface area contributed by atoms with Crippen LogP contribution in [0.1, 0.15) is 26.3 Å². The fraction of sp³-hybridized carbons (Fsp3) is 0.611. The number of ether oxygens (including phenoxy) is 5.